The lowest BCUT2D eigenvalue weighted by Gasteiger charge is -2.17. The summed E-state index contributed by atoms with van der Waals surface area (Å²) in [4.78, 5) is 12.9. The third-order valence-corrected chi connectivity index (χ3v) is 3.50. The first-order valence-corrected chi connectivity index (χ1v) is 7.10. The predicted molar refractivity (Wildman–Crippen MR) is 79.4 cm³/mol. The molecule has 1 amide bonds. The molecule has 1 atom stereocenters. The highest BCUT2D eigenvalue weighted by atomic mass is 79.9. The van der Waals surface area contributed by atoms with Crippen molar-refractivity contribution in [2.24, 2.45) is 0 Å². The summed E-state index contributed by atoms with van der Waals surface area (Å²) in [6.07, 6.45) is 1.90. The lowest BCUT2D eigenvalue weighted by atomic mass is 10.1. The minimum Gasteiger partial charge on any atom is -0.383 e. The predicted octanol–water partition coefficient (Wildman–Crippen LogP) is 3.28. The Hall–Kier alpha value is -0.520. The Bertz CT molecular complexity index is 406. The van der Waals surface area contributed by atoms with Crippen LogP contribution in [0.5, 0.6) is 0 Å². The Morgan fingerprint density at radius 1 is 1.56 bits per heavy atom. The van der Waals surface area contributed by atoms with Gasteiger partial charge in [-0.1, -0.05) is 13.3 Å². The summed E-state index contributed by atoms with van der Waals surface area (Å²) in [5.41, 5.74) is 0.597. The first kappa shape index (κ1) is 15.5. The lowest BCUT2D eigenvalue weighted by Crippen LogP contribution is -2.38. The molecule has 0 radical (unpaired) electrons. The van der Waals surface area contributed by atoms with Crippen molar-refractivity contribution < 1.29 is 9.53 Å². The van der Waals surface area contributed by atoms with E-state index in [-0.39, 0.29) is 11.9 Å². The molecule has 3 nitrogen and oxygen atoms in total. The highest BCUT2D eigenvalue weighted by molar-refractivity contribution is 9.10. The number of thiol groups is 1. The molecule has 0 heterocycles. The maximum absolute atomic E-state index is 12.1. The van der Waals surface area contributed by atoms with Gasteiger partial charge in [0.15, 0.2) is 0 Å². The van der Waals surface area contributed by atoms with Crippen molar-refractivity contribution in [3.8, 4) is 0 Å². The van der Waals surface area contributed by atoms with Gasteiger partial charge in [0.1, 0.15) is 0 Å². The summed E-state index contributed by atoms with van der Waals surface area (Å²) in [5, 5.41) is 2.98. The van der Waals surface area contributed by atoms with Crippen LogP contribution in [0.25, 0.3) is 0 Å². The summed E-state index contributed by atoms with van der Waals surface area (Å²) in [6.45, 7) is 2.61. The Morgan fingerprint density at radius 2 is 2.28 bits per heavy atom. The van der Waals surface area contributed by atoms with E-state index in [9.17, 15) is 4.79 Å². The SMILES string of the molecule is CCCC(COC)NC(=O)c1cc(S)ccc1Br. The largest absolute Gasteiger partial charge is 0.383 e. The van der Waals surface area contributed by atoms with Gasteiger partial charge in [-0.05, 0) is 40.5 Å². The van der Waals surface area contributed by atoms with Crippen molar-refractivity contribution in [1.29, 1.82) is 0 Å². The van der Waals surface area contributed by atoms with Gasteiger partial charge in [0.05, 0.1) is 18.2 Å². The van der Waals surface area contributed by atoms with Gasteiger partial charge in [-0.3, -0.25) is 4.79 Å². The van der Waals surface area contributed by atoms with Crippen molar-refractivity contribution in [2.45, 2.75) is 30.7 Å². The number of carbonyl (C=O) groups excluding carboxylic acids is 1. The second kappa shape index (κ2) is 7.81. The molecule has 100 valence electrons. The van der Waals surface area contributed by atoms with Crippen LogP contribution in [0.4, 0.5) is 0 Å². The van der Waals surface area contributed by atoms with Gasteiger partial charge in [-0.2, -0.15) is 0 Å². The van der Waals surface area contributed by atoms with Gasteiger partial charge in [0.2, 0.25) is 0 Å². The summed E-state index contributed by atoms with van der Waals surface area (Å²) >= 11 is 7.62. The number of carbonyl (C=O) groups is 1. The number of rotatable bonds is 6. The van der Waals surface area contributed by atoms with E-state index >= 15 is 0 Å². The van der Waals surface area contributed by atoms with Crippen LogP contribution in [-0.4, -0.2) is 25.7 Å². The molecule has 0 bridgehead atoms. The minimum absolute atomic E-state index is 0.0444. The van der Waals surface area contributed by atoms with Gasteiger partial charge in [-0.25, -0.2) is 0 Å². The molecule has 1 unspecified atom stereocenters. The van der Waals surface area contributed by atoms with Crippen molar-refractivity contribution in [2.75, 3.05) is 13.7 Å². The van der Waals surface area contributed by atoms with Crippen molar-refractivity contribution in [1.82, 2.24) is 5.32 Å². The fraction of sp³-hybridized carbons (Fsp3) is 0.462. The number of benzene rings is 1. The quantitative estimate of drug-likeness (QED) is 0.785. The van der Waals surface area contributed by atoms with Crippen LogP contribution in [0.2, 0.25) is 0 Å². The summed E-state index contributed by atoms with van der Waals surface area (Å²) < 4.78 is 5.87. The molecule has 0 spiro atoms. The van der Waals surface area contributed by atoms with Gasteiger partial charge in [-0.15, -0.1) is 12.6 Å². The van der Waals surface area contributed by atoms with E-state index in [1.165, 1.54) is 0 Å². The van der Waals surface area contributed by atoms with Crippen LogP contribution >= 0.6 is 28.6 Å². The molecule has 0 saturated carbocycles. The maximum Gasteiger partial charge on any atom is 0.252 e. The molecule has 1 N–H and O–H groups in total. The van der Waals surface area contributed by atoms with E-state index in [1.54, 1.807) is 13.2 Å². The van der Waals surface area contributed by atoms with E-state index < -0.39 is 0 Å². The number of amides is 1. The number of hydrogen-bond acceptors (Lipinski definition) is 3. The first-order chi connectivity index (χ1) is 8.58. The molecule has 1 rings (SSSR count). The smallest absolute Gasteiger partial charge is 0.252 e. The Kier molecular flexibility index (Phi) is 6.75. The minimum atomic E-state index is -0.103. The molecule has 1 aromatic rings. The highest BCUT2D eigenvalue weighted by Crippen LogP contribution is 2.20. The third kappa shape index (κ3) is 4.63. The molecule has 1 aromatic carbocycles. The number of hydrogen-bond donors (Lipinski definition) is 2. The van der Waals surface area contributed by atoms with Crippen molar-refractivity contribution >= 4 is 34.5 Å². The van der Waals surface area contributed by atoms with Crippen LogP contribution in [0.15, 0.2) is 27.6 Å². The maximum atomic E-state index is 12.1. The fourth-order valence-corrected chi connectivity index (χ4v) is 2.33. The van der Waals surface area contributed by atoms with Crippen LogP contribution in [0.1, 0.15) is 30.1 Å². The van der Waals surface area contributed by atoms with Gasteiger partial charge in [0.25, 0.3) is 5.91 Å². The monoisotopic (exact) mass is 331 g/mol. The van der Waals surface area contributed by atoms with Gasteiger partial charge in [0, 0.05) is 16.5 Å². The standard InChI is InChI=1S/C13H18BrNO2S/c1-3-4-9(8-17-2)15-13(16)11-7-10(18)5-6-12(11)14/h5-7,9,18H,3-4,8H2,1-2H3,(H,15,16). The third-order valence-electron chi connectivity index (χ3n) is 2.53. The molecular formula is C13H18BrNO2S. The normalized spacial score (nSPS) is 12.2. The number of nitrogens with one attached hydrogen (secondary N) is 1. The van der Waals surface area contributed by atoms with Crippen LogP contribution < -0.4 is 5.32 Å². The molecule has 0 aliphatic carbocycles. The Labute approximate surface area is 122 Å². The van der Waals surface area contributed by atoms with Gasteiger partial charge < -0.3 is 10.1 Å². The summed E-state index contributed by atoms with van der Waals surface area (Å²) in [6, 6.07) is 5.45. The number of ether oxygens (including phenoxy) is 1. The van der Waals surface area contributed by atoms with E-state index in [1.807, 2.05) is 12.1 Å². The zero-order chi connectivity index (χ0) is 13.5. The summed E-state index contributed by atoms with van der Waals surface area (Å²) in [5.74, 6) is -0.103. The zero-order valence-corrected chi connectivity index (χ0v) is 13.1. The van der Waals surface area contributed by atoms with E-state index in [4.69, 9.17) is 4.74 Å². The molecular weight excluding hydrogens is 314 g/mol. The molecule has 0 aromatic heterocycles. The number of methoxy groups -OCH3 is 1. The molecule has 0 aliphatic rings. The average molecular weight is 332 g/mol. The first-order valence-electron chi connectivity index (χ1n) is 5.86. The van der Waals surface area contributed by atoms with Crippen LogP contribution in [0.3, 0.4) is 0 Å². The molecule has 0 saturated heterocycles. The summed E-state index contributed by atoms with van der Waals surface area (Å²) in [7, 11) is 1.64. The molecule has 18 heavy (non-hydrogen) atoms. The van der Waals surface area contributed by atoms with Crippen LogP contribution in [0, 0.1) is 0 Å². The second-order valence-corrected chi connectivity index (χ2v) is 5.45. The van der Waals surface area contributed by atoms with Crippen LogP contribution in [-0.2, 0) is 4.74 Å². The molecule has 5 heteroatoms. The topological polar surface area (TPSA) is 38.3 Å². The zero-order valence-electron chi connectivity index (χ0n) is 10.6. The lowest BCUT2D eigenvalue weighted by molar-refractivity contribution is 0.0890. The van der Waals surface area contributed by atoms with Crippen molar-refractivity contribution in [3.05, 3.63) is 28.2 Å². The highest BCUT2D eigenvalue weighted by Gasteiger charge is 2.15. The van der Waals surface area contributed by atoms with E-state index in [0.29, 0.717) is 12.2 Å². The average Bonchev–Trinajstić information content (AvgIpc) is 2.33. The van der Waals surface area contributed by atoms with Crippen molar-refractivity contribution in [3.63, 3.8) is 0 Å². The molecule has 0 fully saturated rings. The van der Waals surface area contributed by atoms with Gasteiger partial charge >= 0.3 is 0 Å². The fourth-order valence-electron chi connectivity index (χ4n) is 1.70. The van der Waals surface area contributed by atoms with E-state index in [0.717, 1.165) is 22.2 Å². The number of halogens is 1. The molecule has 0 aliphatic heterocycles. The van der Waals surface area contributed by atoms with E-state index in [2.05, 4.69) is 40.8 Å². The second-order valence-electron chi connectivity index (χ2n) is 4.08. The Morgan fingerprint density at radius 3 is 2.89 bits per heavy atom. The Balaban J connectivity index is 2.76.